The molecule has 1 aromatic carbocycles. The van der Waals surface area contributed by atoms with Crippen LogP contribution in [0.5, 0.6) is 0 Å². The summed E-state index contributed by atoms with van der Waals surface area (Å²) < 4.78 is 27.0. The van der Waals surface area contributed by atoms with Gasteiger partial charge in [-0.25, -0.2) is 14.2 Å². The lowest BCUT2D eigenvalue weighted by atomic mass is 10.1. The maximum Gasteiger partial charge on any atom is 0.162 e. The SMILES string of the molecule is C[C@H]1COCCN1c1cc(C(CCO)S(=O)O)nc(-c2ccc(N)cc2)n1. The van der Waals surface area contributed by atoms with Crippen LogP contribution in [0.15, 0.2) is 30.3 Å². The number of aliphatic hydroxyl groups excluding tert-OH is 1. The van der Waals surface area contributed by atoms with Gasteiger partial charge < -0.3 is 25.0 Å². The van der Waals surface area contributed by atoms with Crippen LogP contribution in [0, 0.1) is 0 Å². The molecule has 27 heavy (non-hydrogen) atoms. The number of aliphatic hydroxyl groups is 1. The summed E-state index contributed by atoms with van der Waals surface area (Å²) in [5.41, 5.74) is 7.59. The average Bonchev–Trinajstić information content (AvgIpc) is 2.66. The Balaban J connectivity index is 2.09. The van der Waals surface area contributed by atoms with Crippen molar-refractivity contribution in [1.82, 2.24) is 9.97 Å². The van der Waals surface area contributed by atoms with Crippen LogP contribution < -0.4 is 10.6 Å². The monoisotopic (exact) mass is 392 g/mol. The Morgan fingerprint density at radius 2 is 2.11 bits per heavy atom. The molecule has 4 N–H and O–H groups in total. The second-order valence-electron chi connectivity index (χ2n) is 6.49. The zero-order valence-electron chi connectivity index (χ0n) is 15.1. The van der Waals surface area contributed by atoms with Gasteiger partial charge in [-0.2, -0.15) is 0 Å². The van der Waals surface area contributed by atoms with E-state index in [2.05, 4.69) is 14.9 Å². The van der Waals surface area contributed by atoms with Crippen LogP contribution in [-0.4, -0.2) is 56.2 Å². The topological polar surface area (TPSA) is 122 Å². The summed E-state index contributed by atoms with van der Waals surface area (Å²) in [6, 6.07) is 9.01. The molecule has 1 aromatic heterocycles. The van der Waals surface area contributed by atoms with E-state index in [1.807, 2.05) is 19.1 Å². The lowest BCUT2D eigenvalue weighted by Gasteiger charge is -2.34. The van der Waals surface area contributed by atoms with Crippen LogP contribution in [0.4, 0.5) is 11.5 Å². The largest absolute Gasteiger partial charge is 0.399 e. The van der Waals surface area contributed by atoms with Gasteiger partial charge >= 0.3 is 0 Å². The van der Waals surface area contributed by atoms with Crippen LogP contribution in [0.1, 0.15) is 24.3 Å². The van der Waals surface area contributed by atoms with E-state index in [-0.39, 0.29) is 19.1 Å². The maximum atomic E-state index is 11.8. The van der Waals surface area contributed by atoms with E-state index in [0.717, 1.165) is 5.56 Å². The van der Waals surface area contributed by atoms with Gasteiger partial charge in [0.2, 0.25) is 0 Å². The number of aromatic nitrogens is 2. The number of hydrogen-bond donors (Lipinski definition) is 3. The fourth-order valence-electron chi connectivity index (χ4n) is 3.06. The Labute approximate surface area is 160 Å². The zero-order chi connectivity index (χ0) is 19.4. The second kappa shape index (κ2) is 8.75. The number of nitrogens with two attached hydrogens (primary N) is 1. The summed E-state index contributed by atoms with van der Waals surface area (Å²) in [6.45, 7) is 3.68. The van der Waals surface area contributed by atoms with Gasteiger partial charge in [-0.15, -0.1) is 0 Å². The molecule has 0 spiro atoms. The first-order chi connectivity index (χ1) is 13.0. The third kappa shape index (κ3) is 4.62. The van der Waals surface area contributed by atoms with E-state index in [1.165, 1.54) is 0 Å². The molecular weight excluding hydrogens is 368 g/mol. The number of nitrogen functional groups attached to an aromatic ring is 1. The third-order valence-electron chi connectivity index (χ3n) is 4.53. The van der Waals surface area contributed by atoms with E-state index < -0.39 is 16.3 Å². The van der Waals surface area contributed by atoms with Crippen LogP contribution in [0.3, 0.4) is 0 Å². The highest BCUT2D eigenvalue weighted by Gasteiger charge is 2.25. The number of nitrogens with zero attached hydrogens (tertiary/aromatic N) is 3. The van der Waals surface area contributed by atoms with Gasteiger partial charge in [0.15, 0.2) is 16.9 Å². The van der Waals surface area contributed by atoms with Crippen LogP contribution >= 0.6 is 0 Å². The van der Waals surface area contributed by atoms with Crippen molar-refractivity contribution in [2.75, 3.05) is 37.0 Å². The molecule has 0 bridgehead atoms. The quantitative estimate of drug-likeness (QED) is 0.500. The van der Waals surface area contributed by atoms with Crippen molar-refractivity contribution >= 4 is 22.6 Å². The fourth-order valence-corrected chi connectivity index (χ4v) is 3.70. The summed E-state index contributed by atoms with van der Waals surface area (Å²) in [7, 11) is 0. The first kappa shape index (κ1) is 19.7. The predicted octanol–water partition coefficient (Wildman–Crippen LogP) is 1.60. The molecule has 3 atom stereocenters. The van der Waals surface area contributed by atoms with E-state index in [4.69, 9.17) is 10.5 Å². The Morgan fingerprint density at radius 1 is 1.37 bits per heavy atom. The van der Waals surface area contributed by atoms with E-state index in [9.17, 15) is 13.9 Å². The molecule has 1 aliphatic heterocycles. The zero-order valence-corrected chi connectivity index (χ0v) is 15.9. The number of ether oxygens (including phenoxy) is 1. The molecule has 0 amide bonds. The molecule has 2 heterocycles. The van der Waals surface area contributed by atoms with Crippen LogP contribution in [0.2, 0.25) is 0 Å². The lowest BCUT2D eigenvalue weighted by Crippen LogP contribution is -2.44. The molecule has 2 aromatic rings. The van der Waals surface area contributed by atoms with Crippen LogP contribution in [0.25, 0.3) is 11.4 Å². The summed E-state index contributed by atoms with van der Waals surface area (Å²) in [5, 5.41) is 8.50. The van der Waals surface area contributed by atoms with Crippen molar-refractivity contribution in [2.45, 2.75) is 24.6 Å². The van der Waals surface area contributed by atoms with Crippen molar-refractivity contribution in [2.24, 2.45) is 0 Å². The maximum absolute atomic E-state index is 11.8. The number of rotatable bonds is 6. The normalized spacial score (nSPS) is 19.7. The molecule has 0 radical (unpaired) electrons. The highest BCUT2D eigenvalue weighted by Crippen LogP contribution is 2.29. The van der Waals surface area contributed by atoms with E-state index >= 15 is 0 Å². The molecule has 2 unspecified atom stereocenters. The Hall–Kier alpha value is -2.07. The van der Waals surface area contributed by atoms with Gasteiger partial charge in [-0.05, 0) is 37.6 Å². The highest BCUT2D eigenvalue weighted by atomic mass is 32.2. The van der Waals surface area contributed by atoms with E-state index in [1.54, 1.807) is 18.2 Å². The minimum absolute atomic E-state index is 0.122. The molecule has 0 saturated carbocycles. The summed E-state index contributed by atoms with van der Waals surface area (Å²) >= 11 is -2.16. The molecule has 1 saturated heterocycles. The van der Waals surface area contributed by atoms with Crippen LogP contribution in [-0.2, 0) is 15.8 Å². The molecule has 1 fully saturated rings. The van der Waals surface area contributed by atoms with Gasteiger partial charge in [0.25, 0.3) is 0 Å². The van der Waals surface area contributed by atoms with Gasteiger partial charge in [0, 0.05) is 30.5 Å². The summed E-state index contributed by atoms with van der Waals surface area (Å²) in [5.74, 6) is 1.13. The number of hydrogen-bond acceptors (Lipinski definition) is 7. The predicted molar refractivity (Wildman–Crippen MR) is 105 cm³/mol. The van der Waals surface area contributed by atoms with E-state index in [0.29, 0.717) is 42.8 Å². The van der Waals surface area contributed by atoms with Crippen molar-refractivity contribution in [3.8, 4) is 11.4 Å². The third-order valence-corrected chi connectivity index (χ3v) is 5.49. The molecule has 1 aliphatic rings. The van der Waals surface area contributed by atoms with Gasteiger partial charge in [0.1, 0.15) is 11.1 Å². The minimum atomic E-state index is -2.16. The number of morpholine rings is 1. The van der Waals surface area contributed by atoms with Crippen molar-refractivity contribution in [3.05, 3.63) is 36.0 Å². The molecular formula is C18H24N4O4S. The molecule has 8 nitrogen and oxygen atoms in total. The molecule has 0 aliphatic carbocycles. The van der Waals surface area contributed by atoms with Gasteiger partial charge in [0.05, 0.1) is 24.9 Å². The molecule has 9 heteroatoms. The summed E-state index contributed by atoms with van der Waals surface area (Å²) in [6.07, 6.45) is 0.138. The Bertz CT molecular complexity index is 802. The average molecular weight is 392 g/mol. The van der Waals surface area contributed by atoms with Crippen molar-refractivity contribution in [3.63, 3.8) is 0 Å². The first-order valence-corrected chi connectivity index (χ1v) is 9.96. The molecule has 3 rings (SSSR count). The number of anilines is 2. The first-order valence-electron chi connectivity index (χ1n) is 8.79. The number of benzene rings is 1. The van der Waals surface area contributed by atoms with Gasteiger partial charge in [-0.1, -0.05) is 0 Å². The van der Waals surface area contributed by atoms with Crippen molar-refractivity contribution < 1.29 is 18.6 Å². The minimum Gasteiger partial charge on any atom is -0.399 e. The summed E-state index contributed by atoms with van der Waals surface area (Å²) in [4.78, 5) is 11.3. The standard InChI is InChI=1S/C18H24N4O4S/c1-12-11-26-9-7-22(12)17-10-15(16(6-8-23)27(24)25)20-18(21-17)13-2-4-14(19)5-3-13/h2-5,10,12,16,23H,6-9,11,19H2,1H3,(H,24,25)/t12-,16?/m0/s1. The van der Waals surface area contributed by atoms with Gasteiger partial charge in [-0.3, -0.25) is 0 Å². The molecule has 146 valence electrons. The lowest BCUT2D eigenvalue weighted by molar-refractivity contribution is 0.0985. The second-order valence-corrected chi connectivity index (χ2v) is 7.61. The fraction of sp³-hybridized carbons (Fsp3) is 0.444. The Morgan fingerprint density at radius 3 is 2.74 bits per heavy atom. The highest BCUT2D eigenvalue weighted by molar-refractivity contribution is 7.79. The smallest absolute Gasteiger partial charge is 0.162 e. The Kier molecular flexibility index (Phi) is 6.38. The van der Waals surface area contributed by atoms with Crippen molar-refractivity contribution in [1.29, 1.82) is 0 Å².